The molecule has 1 heterocycles. The topological polar surface area (TPSA) is 54.0 Å². The third-order valence-electron chi connectivity index (χ3n) is 3.15. The minimum Gasteiger partial charge on any atom is -0.308 e. The predicted octanol–water partition coefficient (Wildman–Crippen LogP) is 4.32. The zero-order valence-corrected chi connectivity index (χ0v) is 12.4. The minimum atomic E-state index is -0.293. The van der Waals surface area contributed by atoms with Crippen molar-refractivity contribution in [3.8, 4) is 0 Å². The molecular weight excluding hydrogens is 294 g/mol. The molecule has 6 heteroatoms. The van der Waals surface area contributed by atoms with Crippen molar-refractivity contribution in [3.63, 3.8) is 0 Å². The normalized spacial score (nSPS) is 13.7. The highest BCUT2D eigenvalue weighted by atomic mass is 35.5. The first-order chi connectivity index (χ1) is 9.70. The fraction of sp³-hybridized carbons (Fsp3) is 0.286. The molecule has 0 bridgehead atoms. The summed E-state index contributed by atoms with van der Waals surface area (Å²) in [5, 5.41) is 6.78. The fourth-order valence-electron chi connectivity index (χ4n) is 2.23. The van der Waals surface area contributed by atoms with Crippen molar-refractivity contribution < 1.29 is 4.79 Å². The summed E-state index contributed by atoms with van der Waals surface area (Å²) in [5.74, 6) is 0. The highest BCUT2D eigenvalue weighted by Crippen LogP contribution is 2.29. The Bertz CT molecular complexity index is 618. The van der Waals surface area contributed by atoms with Crippen LogP contribution in [-0.2, 0) is 12.8 Å². The Kier molecular flexibility index (Phi) is 3.89. The van der Waals surface area contributed by atoms with E-state index in [0.717, 1.165) is 18.5 Å². The molecule has 2 aromatic rings. The molecule has 2 N–H and O–H groups in total. The van der Waals surface area contributed by atoms with Crippen LogP contribution in [0.2, 0.25) is 5.02 Å². The second kappa shape index (κ2) is 5.81. The number of thiazole rings is 1. The van der Waals surface area contributed by atoms with Gasteiger partial charge in [-0.2, -0.15) is 0 Å². The van der Waals surface area contributed by atoms with E-state index >= 15 is 0 Å². The van der Waals surface area contributed by atoms with Gasteiger partial charge in [-0.3, -0.25) is 5.32 Å². The molecule has 2 amide bonds. The number of aromatic nitrogens is 1. The summed E-state index contributed by atoms with van der Waals surface area (Å²) in [4.78, 5) is 17.7. The van der Waals surface area contributed by atoms with Gasteiger partial charge in [0.2, 0.25) is 0 Å². The second-order valence-electron chi connectivity index (χ2n) is 4.69. The summed E-state index contributed by atoms with van der Waals surface area (Å²) in [7, 11) is 0. The van der Waals surface area contributed by atoms with Crippen LogP contribution >= 0.6 is 22.9 Å². The first-order valence-corrected chi connectivity index (χ1v) is 7.72. The number of rotatable bonds is 2. The second-order valence-corrected chi connectivity index (χ2v) is 6.21. The highest BCUT2D eigenvalue weighted by Gasteiger charge is 2.16. The molecule has 0 atom stereocenters. The van der Waals surface area contributed by atoms with Gasteiger partial charge < -0.3 is 5.32 Å². The Morgan fingerprint density at radius 3 is 2.90 bits per heavy atom. The highest BCUT2D eigenvalue weighted by molar-refractivity contribution is 7.15. The number of hydrogen-bond acceptors (Lipinski definition) is 3. The van der Waals surface area contributed by atoms with Gasteiger partial charge in [0.05, 0.1) is 5.69 Å². The molecule has 3 rings (SSSR count). The first-order valence-electron chi connectivity index (χ1n) is 6.53. The third-order valence-corrected chi connectivity index (χ3v) is 4.46. The molecule has 1 aromatic carbocycles. The monoisotopic (exact) mass is 307 g/mol. The van der Waals surface area contributed by atoms with Gasteiger partial charge in [-0.25, -0.2) is 9.78 Å². The Morgan fingerprint density at radius 1 is 1.25 bits per heavy atom. The van der Waals surface area contributed by atoms with Gasteiger partial charge in [0, 0.05) is 15.6 Å². The van der Waals surface area contributed by atoms with Crippen LogP contribution in [0.3, 0.4) is 0 Å². The zero-order chi connectivity index (χ0) is 13.9. The number of fused-ring (bicyclic) bond motifs is 1. The molecule has 1 aliphatic rings. The third kappa shape index (κ3) is 3.11. The molecule has 4 nitrogen and oxygen atoms in total. The van der Waals surface area contributed by atoms with E-state index in [1.165, 1.54) is 17.7 Å². The summed E-state index contributed by atoms with van der Waals surface area (Å²) in [6.07, 6.45) is 4.49. The van der Waals surface area contributed by atoms with E-state index in [2.05, 4.69) is 15.6 Å². The molecule has 1 aliphatic carbocycles. The van der Waals surface area contributed by atoms with Crippen LogP contribution < -0.4 is 10.6 Å². The average Bonchev–Trinajstić information content (AvgIpc) is 2.80. The average molecular weight is 308 g/mol. The van der Waals surface area contributed by atoms with E-state index in [-0.39, 0.29) is 6.03 Å². The number of halogens is 1. The van der Waals surface area contributed by atoms with Crippen molar-refractivity contribution in [2.45, 2.75) is 25.7 Å². The Balaban J connectivity index is 1.65. The van der Waals surface area contributed by atoms with E-state index in [1.807, 2.05) is 0 Å². The van der Waals surface area contributed by atoms with Crippen molar-refractivity contribution in [2.24, 2.45) is 0 Å². The van der Waals surface area contributed by atoms with Crippen LogP contribution in [0.5, 0.6) is 0 Å². The van der Waals surface area contributed by atoms with Crippen molar-refractivity contribution >= 4 is 39.8 Å². The molecule has 0 saturated carbocycles. The van der Waals surface area contributed by atoms with E-state index in [9.17, 15) is 4.79 Å². The molecule has 0 radical (unpaired) electrons. The molecule has 0 spiro atoms. The van der Waals surface area contributed by atoms with Crippen LogP contribution in [0, 0.1) is 0 Å². The number of carbonyl (C=O) groups is 1. The smallest absolute Gasteiger partial charge is 0.308 e. The Hall–Kier alpha value is -1.59. The molecule has 0 saturated heterocycles. The maximum absolute atomic E-state index is 11.9. The van der Waals surface area contributed by atoms with Crippen molar-refractivity contribution in [1.82, 2.24) is 4.98 Å². The van der Waals surface area contributed by atoms with Crippen molar-refractivity contribution in [1.29, 1.82) is 0 Å². The van der Waals surface area contributed by atoms with Gasteiger partial charge in [-0.05, 0) is 43.9 Å². The Morgan fingerprint density at radius 2 is 2.10 bits per heavy atom. The summed E-state index contributed by atoms with van der Waals surface area (Å²) in [5.41, 5.74) is 1.80. The lowest BCUT2D eigenvalue weighted by Gasteiger charge is -2.06. The summed E-state index contributed by atoms with van der Waals surface area (Å²) < 4.78 is 0. The van der Waals surface area contributed by atoms with Crippen LogP contribution in [0.25, 0.3) is 0 Å². The van der Waals surface area contributed by atoms with Crippen LogP contribution in [-0.4, -0.2) is 11.0 Å². The molecule has 104 valence electrons. The number of nitrogens with one attached hydrogen (secondary N) is 2. The van der Waals surface area contributed by atoms with Gasteiger partial charge in [-0.15, -0.1) is 11.3 Å². The number of benzene rings is 1. The van der Waals surface area contributed by atoms with Crippen molar-refractivity contribution in [2.75, 3.05) is 10.6 Å². The molecule has 0 fully saturated rings. The SMILES string of the molecule is O=C(Nc1cccc(Cl)c1)Nc1nc2c(s1)CCCC2. The standard InChI is InChI=1S/C14H14ClN3OS/c15-9-4-3-5-10(8-9)16-13(19)18-14-17-11-6-1-2-7-12(11)20-14/h3-5,8H,1-2,6-7H2,(H2,16,17,18,19). The number of aryl methyl sites for hydroxylation is 2. The quantitative estimate of drug-likeness (QED) is 0.868. The van der Waals surface area contributed by atoms with Crippen LogP contribution in [0.15, 0.2) is 24.3 Å². The fourth-order valence-corrected chi connectivity index (χ4v) is 3.47. The molecule has 0 unspecified atom stereocenters. The lowest BCUT2D eigenvalue weighted by molar-refractivity contribution is 0.262. The van der Waals surface area contributed by atoms with E-state index in [1.54, 1.807) is 35.6 Å². The number of amides is 2. The zero-order valence-electron chi connectivity index (χ0n) is 10.8. The van der Waals surface area contributed by atoms with Gasteiger partial charge in [0.15, 0.2) is 5.13 Å². The molecule has 0 aliphatic heterocycles. The number of anilines is 2. The van der Waals surface area contributed by atoms with Gasteiger partial charge in [0.1, 0.15) is 0 Å². The molecular formula is C14H14ClN3OS. The molecule has 20 heavy (non-hydrogen) atoms. The lowest BCUT2D eigenvalue weighted by Crippen LogP contribution is -2.19. The maximum atomic E-state index is 11.9. The van der Waals surface area contributed by atoms with E-state index < -0.39 is 0 Å². The van der Waals surface area contributed by atoms with Crippen LogP contribution in [0.1, 0.15) is 23.4 Å². The predicted molar refractivity (Wildman–Crippen MR) is 82.8 cm³/mol. The number of hydrogen-bond donors (Lipinski definition) is 2. The first kappa shape index (κ1) is 13.4. The van der Waals surface area contributed by atoms with E-state index in [0.29, 0.717) is 15.8 Å². The summed E-state index contributed by atoms with van der Waals surface area (Å²) >= 11 is 7.44. The van der Waals surface area contributed by atoms with Crippen molar-refractivity contribution in [3.05, 3.63) is 39.9 Å². The lowest BCUT2D eigenvalue weighted by atomic mass is 10.0. The maximum Gasteiger partial charge on any atom is 0.325 e. The summed E-state index contributed by atoms with van der Waals surface area (Å²) in [6, 6.07) is 6.75. The molecule has 1 aromatic heterocycles. The van der Waals surface area contributed by atoms with Gasteiger partial charge in [-0.1, -0.05) is 17.7 Å². The Labute approximate surface area is 126 Å². The number of urea groups is 1. The largest absolute Gasteiger partial charge is 0.325 e. The number of nitrogens with zero attached hydrogens (tertiary/aromatic N) is 1. The van der Waals surface area contributed by atoms with Crippen LogP contribution in [0.4, 0.5) is 15.6 Å². The van der Waals surface area contributed by atoms with Gasteiger partial charge >= 0.3 is 6.03 Å². The summed E-state index contributed by atoms with van der Waals surface area (Å²) in [6.45, 7) is 0. The number of carbonyl (C=O) groups excluding carboxylic acids is 1. The van der Waals surface area contributed by atoms with E-state index in [4.69, 9.17) is 11.6 Å². The van der Waals surface area contributed by atoms with Gasteiger partial charge in [0.25, 0.3) is 0 Å². The minimum absolute atomic E-state index is 0.293.